The minimum Gasteiger partial charge on any atom is -0.344 e. The van der Waals surface area contributed by atoms with Crippen molar-refractivity contribution in [3.8, 4) is 0 Å². The maximum Gasteiger partial charge on any atom is 0.471 e. The number of amides is 4. The summed E-state index contributed by atoms with van der Waals surface area (Å²) in [7, 11) is 0. The average Bonchev–Trinajstić information content (AvgIpc) is 2.96. The van der Waals surface area contributed by atoms with Crippen LogP contribution in [0.25, 0.3) is 0 Å². The van der Waals surface area contributed by atoms with Crippen molar-refractivity contribution in [2.24, 2.45) is 0 Å². The third-order valence-electron chi connectivity index (χ3n) is 4.56. The van der Waals surface area contributed by atoms with E-state index in [4.69, 9.17) is 0 Å². The van der Waals surface area contributed by atoms with Gasteiger partial charge in [-0.25, -0.2) is 0 Å². The summed E-state index contributed by atoms with van der Waals surface area (Å²) in [5.74, 6) is -4.03. The van der Waals surface area contributed by atoms with Gasteiger partial charge in [0.2, 0.25) is 5.91 Å². The van der Waals surface area contributed by atoms with Crippen molar-refractivity contribution >= 4 is 29.3 Å². The van der Waals surface area contributed by atoms with Gasteiger partial charge < -0.3 is 10.6 Å². The number of anilines is 1. The quantitative estimate of drug-likeness (QED) is 0.728. The van der Waals surface area contributed by atoms with E-state index < -0.39 is 42.4 Å². The molecule has 1 atom stereocenters. The molecule has 2 aromatic rings. The number of imide groups is 1. The number of alkyl halides is 3. The molecule has 3 rings (SSSR count). The van der Waals surface area contributed by atoms with Crippen LogP contribution in [0.4, 0.5) is 18.9 Å². The molecule has 1 aliphatic heterocycles. The number of rotatable bonds is 5. The molecule has 0 saturated carbocycles. The summed E-state index contributed by atoms with van der Waals surface area (Å²) in [6, 6.07) is 10.9. The third kappa shape index (κ3) is 4.02. The first-order chi connectivity index (χ1) is 14.1. The van der Waals surface area contributed by atoms with Gasteiger partial charge in [-0.3, -0.25) is 24.1 Å². The Morgan fingerprint density at radius 3 is 2.07 bits per heavy atom. The molecule has 156 valence electrons. The lowest BCUT2D eigenvalue weighted by Crippen LogP contribution is -2.45. The van der Waals surface area contributed by atoms with E-state index in [9.17, 15) is 32.3 Å². The molecule has 1 unspecified atom stereocenters. The summed E-state index contributed by atoms with van der Waals surface area (Å²) in [5.41, 5.74) is 0.751. The van der Waals surface area contributed by atoms with Crippen molar-refractivity contribution in [2.75, 3.05) is 5.32 Å². The summed E-state index contributed by atoms with van der Waals surface area (Å²) in [5, 5.41) is 4.23. The van der Waals surface area contributed by atoms with Gasteiger partial charge in [-0.05, 0) is 30.7 Å². The maximum atomic E-state index is 12.7. The highest BCUT2D eigenvalue weighted by Crippen LogP contribution is 2.25. The van der Waals surface area contributed by atoms with Crippen LogP contribution in [0.5, 0.6) is 0 Å². The van der Waals surface area contributed by atoms with Gasteiger partial charge in [0.25, 0.3) is 11.8 Å². The number of halogens is 3. The van der Waals surface area contributed by atoms with Gasteiger partial charge in [-0.15, -0.1) is 0 Å². The number of hydrogen-bond donors (Lipinski definition) is 2. The molecule has 0 fully saturated rings. The summed E-state index contributed by atoms with van der Waals surface area (Å²) >= 11 is 0. The van der Waals surface area contributed by atoms with Crippen molar-refractivity contribution in [3.63, 3.8) is 0 Å². The topological polar surface area (TPSA) is 95.6 Å². The highest BCUT2D eigenvalue weighted by Gasteiger charge is 2.41. The largest absolute Gasteiger partial charge is 0.471 e. The molecule has 0 spiro atoms. The second kappa shape index (κ2) is 7.97. The number of carbonyl (C=O) groups excluding carboxylic acids is 4. The molecule has 1 aliphatic rings. The van der Waals surface area contributed by atoms with E-state index in [0.29, 0.717) is 0 Å². The summed E-state index contributed by atoms with van der Waals surface area (Å²) in [6.07, 6.45) is -5.03. The van der Waals surface area contributed by atoms with Crippen LogP contribution in [-0.4, -0.2) is 40.7 Å². The van der Waals surface area contributed by atoms with Crippen LogP contribution in [0.3, 0.4) is 0 Å². The molecule has 1 heterocycles. The van der Waals surface area contributed by atoms with E-state index >= 15 is 0 Å². The monoisotopic (exact) mass is 419 g/mol. The van der Waals surface area contributed by atoms with Gasteiger partial charge in [-0.2, -0.15) is 13.2 Å². The van der Waals surface area contributed by atoms with Crippen molar-refractivity contribution in [1.82, 2.24) is 10.2 Å². The van der Waals surface area contributed by atoms with E-state index in [1.165, 1.54) is 43.3 Å². The smallest absolute Gasteiger partial charge is 0.344 e. The lowest BCUT2D eigenvalue weighted by molar-refractivity contribution is -0.173. The number of para-hydroxylation sites is 1. The molecule has 0 aliphatic carbocycles. The van der Waals surface area contributed by atoms with Gasteiger partial charge in [-0.1, -0.05) is 30.3 Å². The summed E-state index contributed by atoms with van der Waals surface area (Å²) in [4.78, 5) is 49.6. The maximum absolute atomic E-state index is 12.7. The number of nitrogens with one attached hydrogen (secondary N) is 2. The molecule has 0 radical (unpaired) electrons. The zero-order valence-electron chi connectivity index (χ0n) is 15.6. The van der Waals surface area contributed by atoms with Gasteiger partial charge in [0.05, 0.1) is 11.1 Å². The lowest BCUT2D eigenvalue weighted by Gasteiger charge is -2.22. The molecule has 0 saturated heterocycles. The fourth-order valence-corrected chi connectivity index (χ4v) is 2.99. The zero-order valence-corrected chi connectivity index (χ0v) is 15.6. The fraction of sp³-hybridized carbons (Fsp3) is 0.200. The minimum absolute atomic E-state index is 0.147. The molecule has 10 heteroatoms. The number of hydrogen-bond acceptors (Lipinski definition) is 4. The third-order valence-corrected chi connectivity index (χ3v) is 4.56. The Hall–Kier alpha value is -3.69. The molecule has 4 amide bonds. The van der Waals surface area contributed by atoms with Crippen molar-refractivity contribution < 1.29 is 32.3 Å². The molecule has 30 heavy (non-hydrogen) atoms. The normalized spacial score (nSPS) is 14.3. The Labute approximate surface area is 168 Å². The SMILES string of the molecule is CC(C(=O)Nc1ccccc1CNC(=O)C(F)(F)F)N1C(=O)c2ccccc2C1=O. The first-order valence-electron chi connectivity index (χ1n) is 8.82. The average molecular weight is 419 g/mol. The second-order valence-corrected chi connectivity index (χ2v) is 6.53. The Balaban J connectivity index is 1.73. The fourth-order valence-electron chi connectivity index (χ4n) is 2.99. The summed E-state index contributed by atoms with van der Waals surface area (Å²) in [6.45, 7) is 0.890. The Kier molecular flexibility index (Phi) is 5.59. The van der Waals surface area contributed by atoms with E-state index in [-0.39, 0.29) is 22.4 Å². The molecule has 0 bridgehead atoms. The van der Waals surface area contributed by atoms with Crippen LogP contribution in [0.2, 0.25) is 0 Å². The molecular formula is C20H16F3N3O4. The van der Waals surface area contributed by atoms with Crippen LogP contribution in [-0.2, 0) is 16.1 Å². The van der Waals surface area contributed by atoms with E-state index in [2.05, 4.69) is 5.32 Å². The minimum atomic E-state index is -5.03. The Bertz CT molecular complexity index is 1000. The number of carbonyl (C=O) groups is 4. The number of benzene rings is 2. The van der Waals surface area contributed by atoms with Crippen LogP contribution in [0.1, 0.15) is 33.2 Å². The van der Waals surface area contributed by atoms with Crippen LogP contribution < -0.4 is 10.6 Å². The number of fused-ring (bicyclic) bond motifs is 1. The predicted molar refractivity (Wildman–Crippen MR) is 99.4 cm³/mol. The first-order valence-corrected chi connectivity index (χ1v) is 8.82. The highest BCUT2D eigenvalue weighted by molar-refractivity contribution is 6.23. The van der Waals surface area contributed by atoms with E-state index in [0.717, 1.165) is 4.90 Å². The summed E-state index contributed by atoms with van der Waals surface area (Å²) < 4.78 is 37.1. The molecule has 7 nitrogen and oxygen atoms in total. The van der Waals surface area contributed by atoms with Gasteiger partial charge in [0.1, 0.15) is 6.04 Å². The predicted octanol–water partition coefficient (Wildman–Crippen LogP) is 2.49. The van der Waals surface area contributed by atoms with E-state index in [1.54, 1.807) is 17.4 Å². The zero-order chi connectivity index (χ0) is 22.1. The Morgan fingerprint density at radius 1 is 0.967 bits per heavy atom. The first kappa shape index (κ1) is 21.0. The Morgan fingerprint density at radius 2 is 1.50 bits per heavy atom. The van der Waals surface area contributed by atoms with Crippen molar-refractivity contribution in [2.45, 2.75) is 25.7 Å². The van der Waals surface area contributed by atoms with Crippen molar-refractivity contribution in [3.05, 3.63) is 65.2 Å². The second-order valence-electron chi connectivity index (χ2n) is 6.53. The van der Waals surface area contributed by atoms with E-state index in [1.807, 2.05) is 0 Å². The lowest BCUT2D eigenvalue weighted by atomic mass is 10.1. The standard InChI is InChI=1S/C20H16F3N3O4/c1-11(26-17(28)13-7-3-4-8-14(13)18(26)29)16(27)25-15-9-5-2-6-12(15)10-24-19(30)20(21,22)23/h2-9,11H,10H2,1H3,(H,24,30)(H,25,27). The van der Waals surface area contributed by atoms with Gasteiger partial charge in [0.15, 0.2) is 0 Å². The van der Waals surface area contributed by atoms with Crippen LogP contribution in [0, 0.1) is 0 Å². The van der Waals surface area contributed by atoms with Gasteiger partial charge >= 0.3 is 12.1 Å². The molecular weight excluding hydrogens is 403 g/mol. The van der Waals surface area contributed by atoms with Crippen molar-refractivity contribution in [1.29, 1.82) is 0 Å². The van der Waals surface area contributed by atoms with Gasteiger partial charge in [0, 0.05) is 12.2 Å². The molecule has 0 aromatic heterocycles. The van der Waals surface area contributed by atoms with Crippen LogP contribution in [0.15, 0.2) is 48.5 Å². The highest BCUT2D eigenvalue weighted by atomic mass is 19.4. The number of nitrogens with zero attached hydrogens (tertiary/aromatic N) is 1. The molecule has 2 aromatic carbocycles. The van der Waals surface area contributed by atoms with Crippen LogP contribution >= 0.6 is 0 Å². The molecule has 2 N–H and O–H groups in total.